The molecule has 0 aliphatic carbocycles. The number of carbonyl (C=O) groups excluding carboxylic acids is 1. The number of hydrogen-bond donors (Lipinski definition) is 2. The lowest BCUT2D eigenvalue weighted by atomic mass is 9.92. The van der Waals surface area contributed by atoms with Crippen LogP contribution >= 0.6 is 0 Å². The second kappa shape index (κ2) is 7.72. The van der Waals surface area contributed by atoms with Crippen LogP contribution in [0.5, 0.6) is 0 Å². The molecule has 1 unspecified atom stereocenters. The first-order chi connectivity index (χ1) is 10.5. The molecule has 22 heavy (non-hydrogen) atoms. The van der Waals surface area contributed by atoms with Gasteiger partial charge >= 0.3 is 0 Å². The van der Waals surface area contributed by atoms with Crippen molar-refractivity contribution in [1.29, 1.82) is 0 Å². The molecule has 5 heteroatoms. The van der Waals surface area contributed by atoms with E-state index in [4.69, 9.17) is 5.73 Å². The van der Waals surface area contributed by atoms with Crippen molar-refractivity contribution in [2.45, 2.75) is 19.4 Å². The summed E-state index contributed by atoms with van der Waals surface area (Å²) in [6, 6.07) is 9.52. The van der Waals surface area contributed by atoms with E-state index in [1.165, 1.54) is 0 Å². The first-order valence-electron chi connectivity index (χ1n) is 8.11. The van der Waals surface area contributed by atoms with E-state index in [-0.39, 0.29) is 5.91 Å². The molecule has 1 aromatic rings. The fraction of sp³-hybridized carbons (Fsp3) is 0.588. The maximum Gasteiger partial charge on any atom is 0.244 e. The maximum absolute atomic E-state index is 12.3. The van der Waals surface area contributed by atoms with E-state index in [0.29, 0.717) is 6.54 Å². The smallest absolute Gasteiger partial charge is 0.244 e. The number of piperazine rings is 1. The highest BCUT2D eigenvalue weighted by Gasteiger charge is 2.30. The summed E-state index contributed by atoms with van der Waals surface area (Å²) in [5.74, 6) is -0.120. The van der Waals surface area contributed by atoms with Gasteiger partial charge in [0, 0.05) is 39.3 Å². The number of nitrogens with one attached hydrogen (secondary N) is 1. The van der Waals surface area contributed by atoms with Crippen LogP contribution in [-0.4, -0.2) is 61.5 Å². The molecule has 1 aliphatic heterocycles. The summed E-state index contributed by atoms with van der Waals surface area (Å²) in [7, 11) is 0. The Kier molecular flexibility index (Phi) is 5.94. The molecule has 1 aliphatic rings. The van der Waals surface area contributed by atoms with Crippen molar-refractivity contribution in [3.63, 3.8) is 0 Å². The van der Waals surface area contributed by atoms with Gasteiger partial charge in [0.25, 0.3) is 0 Å². The van der Waals surface area contributed by atoms with Gasteiger partial charge in [0.2, 0.25) is 5.91 Å². The summed E-state index contributed by atoms with van der Waals surface area (Å²) in [6.07, 6.45) is 0. The largest absolute Gasteiger partial charge is 0.353 e. The lowest BCUT2D eigenvalue weighted by Gasteiger charge is -2.34. The molecule has 3 N–H and O–H groups in total. The molecule has 122 valence electrons. The topological polar surface area (TPSA) is 61.6 Å². The molecule has 1 atom stereocenters. The van der Waals surface area contributed by atoms with Crippen molar-refractivity contribution >= 4 is 5.91 Å². The van der Waals surface area contributed by atoms with Crippen molar-refractivity contribution in [2.24, 2.45) is 5.73 Å². The quantitative estimate of drug-likeness (QED) is 0.808. The second-order valence-electron chi connectivity index (χ2n) is 6.10. The number of carbonyl (C=O) groups is 1. The summed E-state index contributed by atoms with van der Waals surface area (Å²) in [6.45, 7) is 11.0. The third kappa shape index (κ3) is 4.29. The Balaban J connectivity index is 1.76. The highest BCUT2D eigenvalue weighted by Crippen LogP contribution is 2.17. The molecule has 0 saturated carbocycles. The van der Waals surface area contributed by atoms with E-state index in [0.717, 1.165) is 44.8 Å². The van der Waals surface area contributed by atoms with Gasteiger partial charge in [-0.15, -0.1) is 0 Å². The number of amides is 1. The van der Waals surface area contributed by atoms with Crippen molar-refractivity contribution in [2.75, 3.05) is 45.8 Å². The zero-order valence-corrected chi connectivity index (χ0v) is 13.7. The molecule has 1 amide bonds. The van der Waals surface area contributed by atoms with Gasteiger partial charge in [-0.2, -0.15) is 0 Å². The summed E-state index contributed by atoms with van der Waals surface area (Å²) in [5.41, 5.74) is 6.06. The number of hydrogen-bond acceptors (Lipinski definition) is 4. The van der Waals surface area contributed by atoms with Crippen LogP contribution in [0.15, 0.2) is 30.3 Å². The van der Waals surface area contributed by atoms with Gasteiger partial charge in [0.15, 0.2) is 0 Å². The average Bonchev–Trinajstić information content (AvgIpc) is 2.56. The van der Waals surface area contributed by atoms with Crippen LogP contribution in [0.2, 0.25) is 0 Å². The summed E-state index contributed by atoms with van der Waals surface area (Å²) in [4.78, 5) is 17.2. The van der Waals surface area contributed by atoms with Crippen molar-refractivity contribution in [1.82, 2.24) is 15.1 Å². The van der Waals surface area contributed by atoms with Gasteiger partial charge in [0.1, 0.15) is 5.54 Å². The molecule has 0 spiro atoms. The molecule has 1 fully saturated rings. The Morgan fingerprint density at radius 1 is 1.18 bits per heavy atom. The fourth-order valence-electron chi connectivity index (χ4n) is 2.76. The molecule has 0 radical (unpaired) electrons. The Hall–Kier alpha value is -1.43. The Bertz CT molecular complexity index is 467. The highest BCUT2D eigenvalue weighted by atomic mass is 16.2. The molecule has 0 bridgehead atoms. The van der Waals surface area contributed by atoms with Crippen LogP contribution in [0, 0.1) is 0 Å². The first-order valence-corrected chi connectivity index (χ1v) is 8.11. The second-order valence-corrected chi connectivity index (χ2v) is 6.10. The number of benzene rings is 1. The van der Waals surface area contributed by atoms with Gasteiger partial charge in [-0.05, 0) is 19.0 Å². The molecule has 1 aromatic carbocycles. The predicted molar refractivity (Wildman–Crippen MR) is 89.5 cm³/mol. The fourth-order valence-corrected chi connectivity index (χ4v) is 2.76. The number of rotatable bonds is 6. The minimum absolute atomic E-state index is 0.120. The van der Waals surface area contributed by atoms with Crippen molar-refractivity contribution in [3.8, 4) is 0 Å². The van der Waals surface area contributed by atoms with Crippen molar-refractivity contribution in [3.05, 3.63) is 35.9 Å². The molecule has 2 rings (SSSR count). The summed E-state index contributed by atoms with van der Waals surface area (Å²) < 4.78 is 0. The van der Waals surface area contributed by atoms with Gasteiger partial charge in [-0.3, -0.25) is 9.69 Å². The lowest BCUT2D eigenvalue weighted by Crippen LogP contribution is -2.52. The van der Waals surface area contributed by atoms with Gasteiger partial charge < -0.3 is 16.0 Å². The lowest BCUT2D eigenvalue weighted by molar-refractivity contribution is -0.126. The maximum atomic E-state index is 12.3. The number of nitrogens with zero attached hydrogens (tertiary/aromatic N) is 2. The van der Waals surface area contributed by atoms with Gasteiger partial charge in [0.05, 0.1) is 0 Å². The van der Waals surface area contributed by atoms with E-state index in [9.17, 15) is 4.79 Å². The molecule has 1 heterocycles. The van der Waals surface area contributed by atoms with Crippen LogP contribution in [0.25, 0.3) is 0 Å². The normalized spacial score (nSPS) is 19.6. The van der Waals surface area contributed by atoms with E-state index >= 15 is 0 Å². The van der Waals surface area contributed by atoms with Gasteiger partial charge in [-0.1, -0.05) is 37.3 Å². The molecular weight excluding hydrogens is 276 g/mol. The van der Waals surface area contributed by atoms with Gasteiger partial charge in [-0.25, -0.2) is 0 Å². The monoisotopic (exact) mass is 304 g/mol. The third-order valence-corrected chi connectivity index (χ3v) is 4.47. The molecule has 1 saturated heterocycles. The Labute approximate surface area is 133 Å². The van der Waals surface area contributed by atoms with Crippen LogP contribution in [-0.2, 0) is 10.3 Å². The number of nitrogens with two attached hydrogens (primary N) is 1. The minimum Gasteiger partial charge on any atom is -0.353 e. The SMILES string of the molecule is CCN1CCN(CCNC(=O)C(C)(N)c2ccccc2)CC1. The van der Waals surface area contributed by atoms with E-state index in [1.807, 2.05) is 30.3 Å². The van der Waals surface area contributed by atoms with E-state index in [1.54, 1.807) is 6.92 Å². The van der Waals surface area contributed by atoms with Crippen LogP contribution in [0.1, 0.15) is 19.4 Å². The van der Waals surface area contributed by atoms with Crippen LogP contribution < -0.4 is 11.1 Å². The van der Waals surface area contributed by atoms with E-state index < -0.39 is 5.54 Å². The molecule has 0 aromatic heterocycles. The summed E-state index contributed by atoms with van der Waals surface area (Å²) in [5, 5.41) is 2.97. The highest BCUT2D eigenvalue weighted by molar-refractivity contribution is 5.86. The predicted octanol–water partition coefficient (Wildman–Crippen LogP) is 0.614. The zero-order chi connectivity index (χ0) is 16.0. The zero-order valence-electron chi connectivity index (χ0n) is 13.7. The molecular formula is C17H28N4O. The Morgan fingerprint density at radius 3 is 2.36 bits per heavy atom. The first kappa shape index (κ1) is 16.9. The van der Waals surface area contributed by atoms with Crippen LogP contribution in [0.3, 0.4) is 0 Å². The minimum atomic E-state index is -0.984. The van der Waals surface area contributed by atoms with E-state index in [2.05, 4.69) is 22.0 Å². The summed E-state index contributed by atoms with van der Waals surface area (Å²) >= 11 is 0. The molecule has 5 nitrogen and oxygen atoms in total. The Morgan fingerprint density at radius 2 is 1.77 bits per heavy atom. The third-order valence-electron chi connectivity index (χ3n) is 4.47. The standard InChI is InChI=1S/C17H28N4O/c1-3-20-11-13-21(14-12-20)10-9-19-16(22)17(2,18)15-7-5-4-6-8-15/h4-8H,3,9-14,18H2,1-2H3,(H,19,22). The van der Waals surface area contributed by atoms with Crippen LogP contribution in [0.4, 0.5) is 0 Å². The number of likely N-dealkylation sites (N-methyl/N-ethyl adjacent to an activating group) is 1. The average molecular weight is 304 g/mol. The van der Waals surface area contributed by atoms with Crippen molar-refractivity contribution < 1.29 is 4.79 Å².